The minimum Gasteiger partial charge on any atom is -0.298 e. The molecule has 2 aliphatic heterocycles. The van der Waals surface area contributed by atoms with Crippen molar-refractivity contribution in [3.05, 3.63) is 0 Å². The van der Waals surface area contributed by atoms with Crippen molar-refractivity contribution in [2.45, 2.75) is 45.2 Å². The molecule has 0 spiro atoms. The quantitative estimate of drug-likeness (QED) is 0.561. The fraction of sp³-hybridized carbons (Fsp3) is 1.00. The third-order valence-corrected chi connectivity index (χ3v) is 3.54. The Balaban J connectivity index is 1.97. The van der Waals surface area contributed by atoms with Gasteiger partial charge in [0.1, 0.15) is 0 Å². The molecule has 76 valence electrons. The Kier molecular flexibility index (Phi) is 2.37. The SMILES string of the molecule is CC(C)(C)N1CCN2CCC[C@@H]2C1. The maximum atomic E-state index is 2.67. The van der Waals surface area contributed by atoms with Crippen LogP contribution in [0, 0.1) is 0 Å². The number of rotatable bonds is 0. The van der Waals surface area contributed by atoms with Crippen LogP contribution in [0.1, 0.15) is 33.6 Å². The summed E-state index contributed by atoms with van der Waals surface area (Å²) in [5.41, 5.74) is 0.370. The zero-order chi connectivity index (χ0) is 9.47. The van der Waals surface area contributed by atoms with Crippen LogP contribution in [-0.4, -0.2) is 47.6 Å². The highest BCUT2D eigenvalue weighted by Gasteiger charge is 2.34. The van der Waals surface area contributed by atoms with Gasteiger partial charge in [0.2, 0.25) is 0 Å². The van der Waals surface area contributed by atoms with E-state index in [0.29, 0.717) is 5.54 Å². The van der Waals surface area contributed by atoms with Gasteiger partial charge in [0, 0.05) is 31.2 Å². The van der Waals surface area contributed by atoms with Crippen molar-refractivity contribution in [2.75, 3.05) is 26.2 Å². The second kappa shape index (κ2) is 3.25. The summed E-state index contributed by atoms with van der Waals surface area (Å²) in [6.45, 7) is 12.2. The molecule has 2 rings (SSSR count). The molecule has 2 fully saturated rings. The Morgan fingerprint density at radius 3 is 2.54 bits per heavy atom. The number of piperazine rings is 1. The Morgan fingerprint density at radius 2 is 1.85 bits per heavy atom. The molecule has 13 heavy (non-hydrogen) atoms. The lowest BCUT2D eigenvalue weighted by atomic mass is 10.0. The maximum Gasteiger partial charge on any atom is 0.0224 e. The highest BCUT2D eigenvalue weighted by Crippen LogP contribution is 2.25. The number of nitrogens with zero attached hydrogens (tertiary/aromatic N) is 2. The fourth-order valence-electron chi connectivity index (χ4n) is 2.60. The fourth-order valence-corrected chi connectivity index (χ4v) is 2.60. The van der Waals surface area contributed by atoms with Gasteiger partial charge < -0.3 is 0 Å². The molecule has 0 amide bonds. The van der Waals surface area contributed by atoms with Gasteiger partial charge in [-0.3, -0.25) is 9.80 Å². The molecule has 2 heterocycles. The first-order valence-corrected chi connectivity index (χ1v) is 5.56. The zero-order valence-corrected chi connectivity index (χ0v) is 9.21. The summed E-state index contributed by atoms with van der Waals surface area (Å²) in [4.78, 5) is 5.31. The normalized spacial score (nSPS) is 32.1. The monoisotopic (exact) mass is 182 g/mol. The van der Waals surface area contributed by atoms with Crippen LogP contribution >= 0.6 is 0 Å². The van der Waals surface area contributed by atoms with Gasteiger partial charge in [-0.15, -0.1) is 0 Å². The van der Waals surface area contributed by atoms with Crippen molar-refractivity contribution in [1.82, 2.24) is 9.80 Å². The molecule has 2 aliphatic rings. The predicted molar refractivity (Wildman–Crippen MR) is 55.9 cm³/mol. The smallest absolute Gasteiger partial charge is 0.0224 e. The molecule has 0 aliphatic carbocycles. The second-order valence-electron chi connectivity index (χ2n) is 5.45. The van der Waals surface area contributed by atoms with Crippen LogP contribution in [0.2, 0.25) is 0 Å². The van der Waals surface area contributed by atoms with Crippen LogP contribution in [0.5, 0.6) is 0 Å². The average molecular weight is 182 g/mol. The minimum absolute atomic E-state index is 0.370. The summed E-state index contributed by atoms with van der Waals surface area (Å²) in [5.74, 6) is 0. The molecule has 0 N–H and O–H groups in total. The third-order valence-electron chi connectivity index (χ3n) is 3.54. The Bertz CT molecular complexity index is 183. The summed E-state index contributed by atoms with van der Waals surface area (Å²) in [6.07, 6.45) is 2.84. The average Bonchev–Trinajstić information content (AvgIpc) is 2.47. The van der Waals surface area contributed by atoms with Gasteiger partial charge in [-0.25, -0.2) is 0 Å². The summed E-state index contributed by atoms with van der Waals surface area (Å²) in [7, 11) is 0. The number of hydrogen-bond acceptors (Lipinski definition) is 2. The van der Waals surface area contributed by atoms with Crippen molar-refractivity contribution in [3.63, 3.8) is 0 Å². The molecule has 0 unspecified atom stereocenters. The standard InChI is InChI=1S/C11H22N2/c1-11(2,3)13-8-7-12-6-4-5-10(12)9-13/h10H,4-9H2,1-3H3/t10-/m1/s1. The second-order valence-corrected chi connectivity index (χ2v) is 5.45. The Morgan fingerprint density at radius 1 is 1.08 bits per heavy atom. The molecular formula is C11H22N2. The Labute approximate surface area is 81.9 Å². The van der Waals surface area contributed by atoms with Gasteiger partial charge in [-0.05, 0) is 40.2 Å². The van der Waals surface area contributed by atoms with E-state index in [1.54, 1.807) is 0 Å². The predicted octanol–water partition coefficient (Wildman–Crippen LogP) is 1.56. The highest BCUT2D eigenvalue weighted by molar-refractivity contribution is 4.90. The van der Waals surface area contributed by atoms with Gasteiger partial charge in [-0.1, -0.05) is 0 Å². The van der Waals surface area contributed by atoms with Crippen molar-refractivity contribution in [1.29, 1.82) is 0 Å². The molecule has 0 aromatic carbocycles. The van der Waals surface area contributed by atoms with E-state index in [-0.39, 0.29) is 0 Å². The van der Waals surface area contributed by atoms with Crippen LogP contribution in [0.15, 0.2) is 0 Å². The maximum absolute atomic E-state index is 2.67. The van der Waals surface area contributed by atoms with Gasteiger partial charge >= 0.3 is 0 Å². The van der Waals surface area contributed by atoms with E-state index < -0.39 is 0 Å². The van der Waals surface area contributed by atoms with E-state index >= 15 is 0 Å². The van der Waals surface area contributed by atoms with Crippen LogP contribution in [0.25, 0.3) is 0 Å². The molecule has 2 nitrogen and oxygen atoms in total. The van der Waals surface area contributed by atoms with E-state index in [4.69, 9.17) is 0 Å². The molecule has 0 bridgehead atoms. The van der Waals surface area contributed by atoms with E-state index in [1.807, 2.05) is 0 Å². The number of hydrogen-bond donors (Lipinski definition) is 0. The number of fused-ring (bicyclic) bond motifs is 1. The summed E-state index contributed by atoms with van der Waals surface area (Å²) >= 11 is 0. The van der Waals surface area contributed by atoms with Crippen molar-refractivity contribution < 1.29 is 0 Å². The van der Waals surface area contributed by atoms with Crippen LogP contribution in [-0.2, 0) is 0 Å². The van der Waals surface area contributed by atoms with Gasteiger partial charge in [0.15, 0.2) is 0 Å². The van der Waals surface area contributed by atoms with Crippen LogP contribution in [0.3, 0.4) is 0 Å². The van der Waals surface area contributed by atoms with E-state index in [0.717, 1.165) is 6.04 Å². The molecular weight excluding hydrogens is 160 g/mol. The molecule has 0 radical (unpaired) electrons. The Hall–Kier alpha value is -0.0800. The van der Waals surface area contributed by atoms with Gasteiger partial charge in [0.25, 0.3) is 0 Å². The molecule has 2 heteroatoms. The summed E-state index contributed by atoms with van der Waals surface area (Å²) in [6, 6.07) is 0.868. The van der Waals surface area contributed by atoms with Crippen molar-refractivity contribution in [3.8, 4) is 0 Å². The first-order chi connectivity index (χ1) is 6.07. The molecule has 2 saturated heterocycles. The van der Waals surface area contributed by atoms with Crippen molar-refractivity contribution in [2.24, 2.45) is 0 Å². The highest BCUT2D eigenvalue weighted by atomic mass is 15.3. The van der Waals surface area contributed by atoms with Gasteiger partial charge in [-0.2, -0.15) is 0 Å². The lowest BCUT2D eigenvalue weighted by molar-refractivity contribution is 0.0413. The third kappa shape index (κ3) is 1.89. The van der Waals surface area contributed by atoms with Crippen LogP contribution < -0.4 is 0 Å². The summed E-state index contributed by atoms with van der Waals surface area (Å²) in [5, 5.41) is 0. The van der Waals surface area contributed by atoms with E-state index in [2.05, 4.69) is 30.6 Å². The summed E-state index contributed by atoms with van der Waals surface area (Å²) < 4.78 is 0. The van der Waals surface area contributed by atoms with E-state index in [1.165, 1.54) is 39.0 Å². The lowest BCUT2D eigenvalue weighted by Crippen LogP contribution is -2.56. The molecule has 0 saturated carbocycles. The minimum atomic E-state index is 0.370. The van der Waals surface area contributed by atoms with Crippen molar-refractivity contribution >= 4 is 0 Å². The molecule has 1 atom stereocenters. The largest absolute Gasteiger partial charge is 0.298 e. The molecule has 0 aromatic heterocycles. The van der Waals surface area contributed by atoms with Crippen LogP contribution in [0.4, 0.5) is 0 Å². The lowest BCUT2D eigenvalue weighted by Gasteiger charge is -2.44. The topological polar surface area (TPSA) is 6.48 Å². The first-order valence-electron chi connectivity index (χ1n) is 5.56. The zero-order valence-electron chi connectivity index (χ0n) is 9.21. The van der Waals surface area contributed by atoms with Gasteiger partial charge in [0.05, 0.1) is 0 Å². The van der Waals surface area contributed by atoms with E-state index in [9.17, 15) is 0 Å². The first kappa shape index (κ1) is 9.47. The molecule has 0 aromatic rings.